The highest BCUT2D eigenvalue weighted by Gasteiger charge is 2.24. The number of alkyl carbamates (subject to hydrolysis) is 2. The summed E-state index contributed by atoms with van der Waals surface area (Å²) in [7, 11) is 0. The molecule has 0 radical (unpaired) electrons. The number of unbranched alkanes of at least 4 members (excludes halogenated alkanes) is 1. The van der Waals surface area contributed by atoms with Crippen molar-refractivity contribution in [1.29, 1.82) is 0 Å². The summed E-state index contributed by atoms with van der Waals surface area (Å²) < 4.78 is 10.4. The third kappa shape index (κ3) is 17.2. The standard InChI is InChI=1S/C27H43N7O8/c1-27(2,3)42-25(39)31-14-8-7-12-19(34-26(40)41-17-18-10-5-4-6-11-18)22(36)32-16-21(35)33-20(23(37)38)13-9-15-30-24(28)29/h4-6,10-11,19-20H,7-9,12-17H2,1-3H3,(H,31,39)(H,32,36)(H,33,35)(H,34,40)(H,37,38)(H4,28,29,30)/t19-,20+/m1/s1. The summed E-state index contributed by atoms with van der Waals surface area (Å²) >= 11 is 0. The lowest BCUT2D eigenvalue weighted by Gasteiger charge is -2.20. The average molecular weight is 594 g/mol. The van der Waals surface area contributed by atoms with E-state index < -0.39 is 54.2 Å². The highest BCUT2D eigenvalue weighted by molar-refractivity contribution is 5.90. The van der Waals surface area contributed by atoms with Crippen LogP contribution >= 0.6 is 0 Å². The minimum absolute atomic E-state index is 0.0109. The first-order valence-corrected chi connectivity index (χ1v) is 13.6. The quantitative estimate of drug-likeness (QED) is 0.0758. The molecular formula is C27H43N7O8. The van der Waals surface area contributed by atoms with Gasteiger partial charge in [0.25, 0.3) is 0 Å². The maximum atomic E-state index is 12.9. The van der Waals surface area contributed by atoms with Gasteiger partial charge in [0.1, 0.15) is 24.3 Å². The number of amides is 4. The fourth-order valence-electron chi connectivity index (χ4n) is 3.45. The van der Waals surface area contributed by atoms with Crippen LogP contribution in [0.5, 0.6) is 0 Å². The van der Waals surface area contributed by atoms with Crippen LogP contribution in [-0.4, -0.2) is 78.4 Å². The number of carboxylic acid groups (broad SMARTS) is 1. The summed E-state index contributed by atoms with van der Waals surface area (Å²) in [5.41, 5.74) is 10.6. The number of nitrogens with two attached hydrogens (primary N) is 2. The van der Waals surface area contributed by atoms with Gasteiger partial charge < -0.3 is 47.3 Å². The van der Waals surface area contributed by atoms with E-state index in [2.05, 4.69) is 26.3 Å². The molecule has 15 nitrogen and oxygen atoms in total. The summed E-state index contributed by atoms with van der Waals surface area (Å²) in [5, 5.41) is 19.2. The lowest BCUT2D eigenvalue weighted by Crippen LogP contribution is -2.50. The van der Waals surface area contributed by atoms with Gasteiger partial charge in [-0.05, 0) is 58.4 Å². The van der Waals surface area contributed by atoms with Crippen molar-refractivity contribution >= 4 is 35.9 Å². The number of carbonyl (C=O) groups excluding carboxylic acids is 4. The van der Waals surface area contributed by atoms with Crippen LogP contribution in [0.25, 0.3) is 0 Å². The van der Waals surface area contributed by atoms with Crippen LogP contribution in [0.1, 0.15) is 58.4 Å². The maximum Gasteiger partial charge on any atom is 0.408 e. The Balaban J connectivity index is 2.65. The number of aliphatic imine (C=N–C) groups is 1. The Hall–Kier alpha value is -4.56. The number of carboxylic acids is 1. The van der Waals surface area contributed by atoms with E-state index in [1.807, 2.05) is 6.07 Å². The van der Waals surface area contributed by atoms with E-state index >= 15 is 0 Å². The molecule has 0 saturated carbocycles. The zero-order valence-corrected chi connectivity index (χ0v) is 24.3. The first kappa shape index (κ1) is 35.5. The molecule has 0 aliphatic heterocycles. The van der Waals surface area contributed by atoms with Crippen LogP contribution in [0.4, 0.5) is 9.59 Å². The summed E-state index contributed by atoms with van der Waals surface area (Å²) in [6.07, 6.45) is 0.0534. The third-order valence-corrected chi connectivity index (χ3v) is 5.41. The number of rotatable bonds is 17. The molecule has 0 spiro atoms. The molecule has 0 fully saturated rings. The van der Waals surface area contributed by atoms with Crippen LogP contribution in [0.2, 0.25) is 0 Å². The van der Waals surface area contributed by atoms with Crippen LogP contribution in [0, 0.1) is 0 Å². The Morgan fingerprint density at radius 3 is 2.19 bits per heavy atom. The van der Waals surface area contributed by atoms with Crippen molar-refractivity contribution < 1.29 is 38.6 Å². The van der Waals surface area contributed by atoms with Gasteiger partial charge in [-0.25, -0.2) is 14.4 Å². The van der Waals surface area contributed by atoms with Gasteiger partial charge in [-0.1, -0.05) is 30.3 Å². The van der Waals surface area contributed by atoms with Crippen molar-refractivity contribution in [1.82, 2.24) is 21.3 Å². The molecular weight excluding hydrogens is 550 g/mol. The van der Waals surface area contributed by atoms with Gasteiger partial charge in [-0.2, -0.15) is 0 Å². The summed E-state index contributed by atoms with van der Waals surface area (Å²) in [4.78, 5) is 64.7. The molecule has 0 aliphatic carbocycles. The second-order valence-corrected chi connectivity index (χ2v) is 10.3. The minimum atomic E-state index is -1.25. The number of hydrogen-bond donors (Lipinski definition) is 7. The Morgan fingerprint density at radius 2 is 1.57 bits per heavy atom. The average Bonchev–Trinajstić information content (AvgIpc) is 2.90. The molecule has 234 valence electrons. The second kappa shape index (κ2) is 18.7. The van der Waals surface area contributed by atoms with Gasteiger partial charge in [-0.3, -0.25) is 14.6 Å². The minimum Gasteiger partial charge on any atom is -0.480 e. The van der Waals surface area contributed by atoms with E-state index in [4.69, 9.17) is 20.9 Å². The number of nitrogens with zero attached hydrogens (tertiary/aromatic N) is 1. The molecule has 42 heavy (non-hydrogen) atoms. The van der Waals surface area contributed by atoms with Crippen molar-refractivity contribution in [2.45, 2.75) is 77.2 Å². The molecule has 0 aromatic heterocycles. The molecule has 0 heterocycles. The van der Waals surface area contributed by atoms with Gasteiger partial charge >= 0.3 is 18.2 Å². The molecule has 0 aliphatic rings. The Kier molecular flexibility index (Phi) is 15.8. The van der Waals surface area contributed by atoms with Crippen LogP contribution in [0.15, 0.2) is 35.3 Å². The first-order chi connectivity index (χ1) is 19.8. The van der Waals surface area contributed by atoms with Crippen molar-refractivity contribution in [3.05, 3.63) is 35.9 Å². The predicted octanol–water partition coefficient (Wildman–Crippen LogP) is 0.716. The second-order valence-electron chi connectivity index (χ2n) is 10.3. The number of nitrogens with one attached hydrogen (secondary N) is 4. The van der Waals surface area contributed by atoms with E-state index in [0.29, 0.717) is 19.3 Å². The predicted molar refractivity (Wildman–Crippen MR) is 154 cm³/mol. The SMILES string of the molecule is CC(C)(C)OC(=O)NCCCC[C@@H](NC(=O)OCc1ccccc1)C(=O)NCC(=O)N[C@@H](CCCN=C(N)N)C(=O)O. The fraction of sp³-hybridized carbons (Fsp3) is 0.556. The van der Waals surface area contributed by atoms with Gasteiger partial charge in [-0.15, -0.1) is 0 Å². The summed E-state index contributed by atoms with van der Waals surface area (Å²) in [6.45, 7) is 5.18. The molecule has 15 heteroatoms. The number of carbonyl (C=O) groups is 5. The number of benzene rings is 1. The van der Waals surface area contributed by atoms with Crippen LogP contribution in [0.3, 0.4) is 0 Å². The van der Waals surface area contributed by atoms with Gasteiger partial charge in [0, 0.05) is 13.1 Å². The molecule has 0 unspecified atom stereocenters. The highest BCUT2D eigenvalue weighted by Crippen LogP contribution is 2.07. The van der Waals surface area contributed by atoms with E-state index in [0.717, 1.165) is 5.56 Å². The zero-order chi connectivity index (χ0) is 31.5. The van der Waals surface area contributed by atoms with Gasteiger partial charge in [0.15, 0.2) is 5.96 Å². The Labute approximate surface area is 245 Å². The van der Waals surface area contributed by atoms with Crippen molar-refractivity contribution in [3.8, 4) is 0 Å². The lowest BCUT2D eigenvalue weighted by atomic mass is 10.1. The molecule has 2 atom stereocenters. The molecule has 1 rings (SSSR count). The largest absolute Gasteiger partial charge is 0.480 e. The van der Waals surface area contributed by atoms with Crippen LogP contribution < -0.4 is 32.7 Å². The zero-order valence-electron chi connectivity index (χ0n) is 24.3. The Morgan fingerprint density at radius 1 is 0.905 bits per heavy atom. The lowest BCUT2D eigenvalue weighted by molar-refractivity contribution is -0.142. The topological polar surface area (TPSA) is 237 Å². The molecule has 0 bridgehead atoms. The van der Waals surface area contributed by atoms with E-state index in [9.17, 15) is 29.1 Å². The van der Waals surface area contributed by atoms with Crippen molar-refractivity contribution in [2.75, 3.05) is 19.6 Å². The Bertz CT molecular complexity index is 1060. The molecule has 4 amide bonds. The van der Waals surface area contributed by atoms with E-state index in [1.54, 1.807) is 45.0 Å². The normalized spacial score (nSPS) is 12.2. The molecule has 0 saturated heterocycles. The van der Waals surface area contributed by atoms with Gasteiger partial charge in [0.05, 0.1) is 6.54 Å². The summed E-state index contributed by atoms with van der Waals surface area (Å²) in [6, 6.07) is 6.70. The fourth-order valence-corrected chi connectivity index (χ4v) is 3.45. The monoisotopic (exact) mass is 593 g/mol. The van der Waals surface area contributed by atoms with E-state index in [-0.39, 0.29) is 38.5 Å². The van der Waals surface area contributed by atoms with Crippen LogP contribution in [-0.2, 0) is 30.5 Å². The molecule has 9 N–H and O–H groups in total. The number of guanidine groups is 1. The third-order valence-electron chi connectivity index (χ3n) is 5.41. The van der Waals surface area contributed by atoms with Crippen molar-refractivity contribution in [2.24, 2.45) is 16.5 Å². The number of ether oxygens (including phenoxy) is 2. The van der Waals surface area contributed by atoms with Crippen molar-refractivity contribution in [3.63, 3.8) is 0 Å². The molecule has 1 aromatic rings. The van der Waals surface area contributed by atoms with Gasteiger partial charge in [0.2, 0.25) is 11.8 Å². The number of aliphatic carboxylic acids is 1. The number of hydrogen-bond acceptors (Lipinski definition) is 8. The first-order valence-electron chi connectivity index (χ1n) is 13.6. The smallest absolute Gasteiger partial charge is 0.408 e. The summed E-state index contributed by atoms with van der Waals surface area (Å²) in [5.74, 6) is -2.77. The van der Waals surface area contributed by atoms with E-state index in [1.165, 1.54) is 0 Å². The maximum absolute atomic E-state index is 12.9. The molecule has 1 aromatic carbocycles. The highest BCUT2D eigenvalue weighted by atomic mass is 16.6.